The van der Waals surface area contributed by atoms with Crippen LogP contribution in [0.5, 0.6) is 11.5 Å². The van der Waals surface area contributed by atoms with Crippen molar-refractivity contribution in [3.8, 4) is 17.6 Å². The lowest BCUT2D eigenvalue weighted by Gasteiger charge is -2.29. The van der Waals surface area contributed by atoms with E-state index in [-0.39, 0.29) is 5.56 Å². The molecule has 1 N–H and O–H groups in total. The fourth-order valence-corrected chi connectivity index (χ4v) is 3.50. The number of hydrogen-bond acceptors (Lipinski definition) is 6. The Kier molecular flexibility index (Phi) is 4.16. The zero-order valence-corrected chi connectivity index (χ0v) is 15.1. The van der Waals surface area contributed by atoms with Gasteiger partial charge in [0, 0.05) is 19.2 Å². The number of rotatable bonds is 3. The highest BCUT2D eigenvalue weighted by molar-refractivity contribution is 5.82. The summed E-state index contributed by atoms with van der Waals surface area (Å²) in [5.74, 6) is 1.52. The highest BCUT2D eigenvalue weighted by atomic mass is 16.5. The topological polar surface area (TPSA) is 91.2 Å². The zero-order valence-electron chi connectivity index (χ0n) is 15.1. The van der Waals surface area contributed by atoms with Gasteiger partial charge in [-0.1, -0.05) is 12.1 Å². The molecule has 27 heavy (non-hydrogen) atoms. The molecule has 1 aromatic heterocycles. The van der Waals surface area contributed by atoms with E-state index < -0.39 is 0 Å². The lowest BCUT2D eigenvalue weighted by molar-refractivity contribution is 0.355. The van der Waals surface area contributed by atoms with E-state index in [1.165, 1.54) is 7.11 Å². The van der Waals surface area contributed by atoms with E-state index in [1.807, 2.05) is 23.1 Å². The molecule has 2 heterocycles. The standard InChI is InChI=1S/C20H18N4O3/c1-26-17-8-15-16(9-18(17)27-2)22-20(23-19(15)25)24-7-6-14-12(10-21)4-3-5-13(14)11-24/h3-5,8-9H,6-7,11H2,1-2H3,(H,22,23,25). The molecule has 0 radical (unpaired) electrons. The number of anilines is 1. The summed E-state index contributed by atoms with van der Waals surface area (Å²) in [5, 5.41) is 9.72. The van der Waals surface area contributed by atoms with E-state index in [2.05, 4.69) is 16.0 Å². The van der Waals surface area contributed by atoms with Gasteiger partial charge < -0.3 is 14.4 Å². The van der Waals surface area contributed by atoms with Crippen LogP contribution in [0.15, 0.2) is 35.1 Å². The number of aromatic nitrogens is 2. The maximum Gasteiger partial charge on any atom is 0.260 e. The molecule has 0 atom stereocenters. The minimum absolute atomic E-state index is 0.229. The summed E-state index contributed by atoms with van der Waals surface area (Å²) >= 11 is 0. The van der Waals surface area contributed by atoms with Crippen LogP contribution in [-0.4, -0.2) is 30.7 Å². The second kappa shape index (κ2) is 6.65. The number of fused-ring (bicyclic) bond motifs is 2. The molecule has 1 aliphatic heterocycles. The van der Waals surface area contributed by atoms with E-state index in [4.69, 9.17) is 9.47 Å². The first-order valence-electron chi connectivity index (χ1n) is 8.56. The first-order valence-corrected chi connectivity index (χ1v) is 8.56. The van der Waals surface area contributed by atoms with Crippen LogP contribution in [0.4, 0.5) is 5.95 Å². The van der Waals surface area contributed by atoms with Gasteiger partial charge in [-0.2, -0.15) is 5.26 Å². The van der Waals surface area contributed by atoms with Crippen molar-refractivity contribution in [2.24, 2.45) is 0 Å². The second-order valence-corrected chi connectivity index (χ2v) is 6.34. The molecule has 0 bridgehead atoms. The summed E-state index contributed by atoms with van der Waals surface area (Å²) in [7, 11) is 3.08. The number of nitrogens with zero attached hydrogens (tertiary/aromatic N) is 3. The molecule has 0 amide bonds. The quantitative estimate of drug-likeness (QED) is 0.769. The van der Waals surface area contributed by atoms with Crippen LogP contribution >= 0.6 is 0 Å². The van der Waals surface area contributed by atoms with Gasteiger partial charge in [-0.3, -0.25) is 9.78 Å². The van der Waals surface area contributed by atoms with Crippen molar-refractivity contribution in [3.63, 3.8) is 0 Å². The smallest absolute Gasteiger partial charge is 0.260 e. The predicted molar refractivity (Wildman–Crippen MR) is 101 cm³/mol. The second-order valence-electron chi connectivity index (χ2n) is 6.34. The number of nitriles is 1. The third-order valence-corrected chi connectivity index (χ3v) is 4.88. The van der Waals surface area contributed by atoms with Crippen molar-refractivity contribution in [1.82, 2.24) is 9.97 Å². The molecule has 1 aliphatic rings. The van der Waals surface area contributed by atoms with Gasteiger partial charge in [-0.25, -0.2) is 4.98 Å². The molecule has 0 aliphatic carbocycles. The zero-order chi connectivity index (χ0) is 19.0. The third kappa shape index (κ3) is 2.85. The number of nitrogens with one attached hydrogen (secondary N) is 1. The predicted octanol–water partition coefficient (Wildman–Crippen LogP) is 2.37. The molecule has 0 spiro atoms. The maximum atomic E-state index is 12.6. The Bertz CT molecular complexity index is 1130. The number of hydrogen-bond donors (Lipinski definition) is 1. The van der Waals surface area contributed by atoms with Crippen molar-refractivity contribution in [2.45, 2.75) is 13.0 Å². The van der Waals surface area contributed by atoms with Crippen LogP contribution in [0.25, 0.3) is 10.9 Å². The summed E-state index contributed by atoms with van der Waals surface area (Å²) in [6.45, 7) is 1.26. The van der Waals surface area contributed by atoms with Gasteiger partial charge in [0.1, 0.15) is 0 Å². The highest BCUT2D eigenvalue weighted by Gasteiger charge is 2.21. The van der Waals surface area contributed by atoms with Gasteiger partial charge in [0.2, 0.25) is 5.95 Å². The Morgan fingerprint density at radius 3 is 2.74 bits per heavy atom. The fraction of sp³-hybridized carbons (Fsp3) is 0.250. The SMILES string of the molecule is COc1cc2nc(N3CCc4c(C#N)cccc4C3)[nH]c(=O)c2cc1OC. The molecule has 7 nitrogen and oxygen atoms in total. The number of benzene rings is 2. The largest absolute Gasteiger partial charge is 0.493 e. The maximum absolute atomic E-state index is 12.6. The summed E-state index contributed by atoms with van der Waals surface area (Å²) < 4.78 is 10.6. The summed E-state index contributed by atoms with van der Waals surface area (Å²) in [4.78, 5) is 22.1. The molecule has 0 saturated carbocycles. The Balaban J connectivity index is 1.76. The molecule has 4 rings (SSSR count). The molecular formula is C20H18N4O3. The molecule has 0 fully saturated rings. The van der Waals surface area contributed by atoms with Crippen LogP contribution in [0, 0.1) is 11.3 Å². The third-order valence-electron chi connectivity index (χ3n) is 4.88. The summed E-state index contributed by atoms with van der Waals surface area (Å²) in [6, 6.07) is 11.3. The van der Waals surface area contributed by atoms with Crippen molar-refractivity contribution in [2.75, 3.05) is 25.7 Å². The Labute approximate surface area is 155 Å². The van der Waals surface area contributed by atoms with Gasteiger partial charge in [-0.15, -0.1) is 0 Å². The average molecular weight is 362 g/mol. The molecule has 7 heteroatoms. The van der Waals surface area contributed by atoms with E-state index >= 15 is 0 Å². The number of aromatic amines is 1. The molecule has 3 aromatic rings. The normalized spacial score (nSPS) is 13.1. The van der Waals surface area contributed by atoms with Crippen LogP contribution in [0.1, 0.15) is 16.7 Å². The first kappa shape index (κ1) is 16.9. The molecular weight excluding hydrogens is 344 g/mol. The number of H-pyrrole nitrogens is 1. The Morgan fingerprint density at radius 1 is 1.22 bits per heavy atom. The van der Waals surface area contributed by atoms with Crippen molar-refractivity contribution >= 4 is 16.9 Å². The van der Waals surface area contributed by atoms with E-state index in [0.29, 0.717) is 47.0 Å². The lowest BCUT2D eigenvalue weighted by Crippen LogP contribution is -2.33. The fourth-order valence-electron chi connectivity index (χ4n) is 3.50. The van der Waals surface area contributed by atoms with E-state index in [1.54, 1.807) is 19.2 Å². The molecule has 0 unspecified atom stereocenters. The number of methoxy groups -OCH3 is 2. The molecule has 136 valence electrons. The van der Waals surface area contributed by atoms with E-state index in [9.17, 15) is 10.1 Å². The van der Waals surface area contributed by atoms with Crippen molar-refractivity contribution in [3.05, 3.63) is 57.4 Å². The van der Waals surface area contributed by atoms with Crippen molar-refractivity contribution in [1.29, 1.82) is 5.26 Å². The van der Waals surface area contributed by atoms with Gasteiger partial charge in [0.25, 0.3) is 5.56 Å². The monoisotopic (exact) mass is 362 g/mol. The van der Waals surface area contributed by atoms with Gasteiger partial charge >= 0.3 is 0 Å². The van der Waals surface area contributed by atoms with Gasteiger partial charge in [0.05, 0.1) is 36.8 Å². The Morgan fingerprint density at radius 2 is 2.00 bits per heavy atom. The van der Waals surface area contributed by atoms with Crippen LogP contribution in [0.3, 0.4) is 0 Å². The van der Waals surface area contributed by atoms with Crippen LogP contribution < -0.4 is 19.9 Å². The van der Waals surface area contributed by atoms with Crippen LogP contribution in [0.2, 0.25) is 0 Å². The minimum Gasteiger partial charge on any atom is -0.493 e. The average Bonchev–Trinajstić information content (AvgIpc) is 2.71. The van der Waals surface area contributed by atoms with Crippen LogP contribution in [-0.2, 0) is 13.0 Å². The lowest BCUT2D eigenvalue weighted by atomic mass is 9.95. The van der Waals surface area contributed by atoms with Crippen molar-refractivity contribution < 1.29 is 9.47 Å². The molecule has 0 saturated heterocycles. The first-order chi connectivity index (χ1) is 13.1. The summed E-state index contributed by atoms with van der Waals surface area (Å²) in [6.07, 6.45) is 0.729. The highest BCUT2D eigenvalue weighted by Crippen LogP contribution is 2.31. The Hall–Kier alpha value is -3.53. The van der Waals surface area contributed by atoms with Gasteiger partial charge in [-0.05, 0) is 29.7 Å². The van der Waals surface area contributed by atoms with E-state index in [0.717, 1.165) is 17.5 Å². The number of ether oxygens (including phenoxy) is 2. The summed E-state index contributed by atoms with van der Waals surface area (Å²) in [5.41, 5.74) is 3.18. The molecule has 2 aromatic carbocycles. The van der Waals surface area contributed by atoms with Gasteiger partial charge in [0.15, 0.2) is 11.5 Å². The minimum atomic E-state index is -0.229.